The van der Waals surface area contributed by atoms with Gasteiger partial charge in [0, 0.05) is 18.0 Å². The number of carbonyl (C=O) groups excluding carboxylic acids is 1. The van der Waals surface area contributed by atoms with Crippen LogP contribution in [-0.4, -0.2) is 16.6 Å². The molecule has 1 fully saturated rings. The number of aromatic nitrogens is 1. The van der Waals surface area contributed by atoms with Crippen molar-refractivity contribution in [2.45, 2.75) is 51.2 Å². The molecule has 2 rings (SSSR count). The molecule has 5 heteroatoms. The summed E-state index contributed by atoms with van der Waals surface area (Å²) in [5.41, 5.74) is 5.81. The quantitative estimate of drug-likeness (QED) is 0.666. The summed E-state index contributed by atoms with van der Waals surface area (Å²) in [5, 5.41) is 0. The van der Waals surface area contributed by atoms with E-state index in [1.165, 1.54) is 35.7 Å². The highest BCUT2D eigenvalue weighted by atomic mass is 16.5. The summed E-state index contributed by atoms with van der Waals surface area (Å²) < 4.78 is 6.72. The van der Waals surface area contributed by atoms with Gasteiger partial charge in [-0.3, -0.25) is 9.59 Å². The van der Waals surface area contributed by atoms with Crippen molar-refractivity contribution in [3.05, 3.63) is 28.7 Å². The van der Waals surface area contributed by atoms with E-state index in [-0.39, 0.29) is 24.2 Å². The molecule has 104 valence electrons. The van der Waals surface area contributed by atoms with E-state index in [4.69, 9.17) is 10.5 Å². The molecule has 2 N–H and O–H groups in total. The standard InChI is InChI=1S/C14H20N2O3/c15-11-7-8-13(17)16(9-11)10-14(18)19-12-5-3-1-2-4-6-12/h7-9,12H,1-6,10,15H2. The van der Waals surface area contributed by atoms with Crippen molar-refractivity contribution < 1.29 is 9.53 Å². The first kappa shape index (κ1) is 13.6. The third-order valence-electron chi connectivity index (χ3n) is 3.41. The Balaban J connectivity index is 1.93. The van der Waals surface area contributed by atoms with Gasteiger partial charge in [-0.15, -0.1) is 0 Å². The molecule has 1 aliphatic rings. The monoisotopic (exact) mass is 264 g/mol. The SMILES string of the molecule is Nc1ccc(=O)n(CC(=O)OC2CCCCCC2)c1. The van der Waals surface area contributed by atoms with E-state index in [1.807, 2.05) is 0 Å². The molecule has 1 aromatic rings. The molecule has 1 aromatic heterocycles. The van der Waals surface area contributed by atoms with Gasteiger partial charge in [0.05, 0.1) is 0 Å². The molecule has 0 aromatic carbocycles. The highest BCUT2D eigenvalue weighted by molar-refractivity contribution is 5.69. The van der Waals surface area contributed by atoms with Crippen LogP contribution < -0.4 is 11.3 Å². The normalized spacial score (nSPS) is 16.8. The van der Waals surface area contributed by atoms with Gasteiger partial charge in [-0.25, -0.2) is 0 Å². The fourth-order valence-corrected chi connectivity index (χ4v) is 2.40. The fraction of sp³-hybridized carbons (Fsp3) is 0.571. The lowest BCUT2D eigenvalue weighted by atomic mass is 10.1. The van der Waals surface area contributed by atoms with Gasteiger partial charge in [-0.1, -0.05) is 12.8 Å². The molecule has 1 aliphatic carbocycles. The second-order valence-electron chi connectivity index (χ2n) is 5.03. The Morgan fingerprint density at radius 3 is 2.63 bits per heavy atom. The molecule has 1 heterocycles. The lowest BCUT2D eigenvalue weighted by Crippen LogP contribution is -2.27. The number of carbonyl (C=O) groups is 1. The van der Waals surface area contributed by atoms with Crippen molar-refractivity contribution in [2.24, 2.45) is 0 Å². The molecule has 0 radical (unpaired) electrons. The Morgan fingerprint density at radius 2 is 1.95 bits per heavy atom. The molecule has 0 aliphatic heterocycles. The predicted octanol–water partition coefficient (Wildman–Crippen LogP) is 1.70. The molecule has 0 saturated heterocycles. The molecule has 5 nitrogen and oxygen atoms in total. The number of esters is 1. The molecule has 0 spiro atoms. The highest BCUT2D eigenvalue weighted by Crippen LogP contribution is 2.19. The van der Waals surface area contributed by atoms with Gasteiger partial charge in [0.1, 0.15) is 12.6 Å². The van der Waals surface area contributed by atoms with Crippen molar-refractivity contribution >= 4 is 11.7 Å². The smallest absolute Gasteiger partial charge is 0.326 e. The fourth-order valence-electron chi connectivity index (χ4n) is 2.40. The highest BCUT2D eigenvalue weighted by Gasteiger charge is 2.17. The summed E-state index contributed by atoms with van der Waals surface area (Å²) >= 11 is 0. The van der Waals surface area contributed by atoms with Gasteiger partial charge < -0.3 is 15.0 Å². The van der Waals surface area contributed by atoms with E-state index in [2.05, 4.69) is 0 Å². The van der Waals surface area contributed by atoms with Crippen LogP contribution in [-0.2, 0) is 16.1 Å². The van der Waals surface area contributed by atoms with Crippen molar-refractivity contribution in [1.29, 1.82) is 0 Å². The number of pyridine rings is 1. The second-order valence-corrected chi connectivity index (χ2v) is 5.03. The maximum absolute atomic E-state index is 11.8. The van der Waals surface area contributed by atoms with Gasteiger partial charge in [-0.2, -0.15) is 0 Å². The Labute approximate surface area is 112 Å². The van der Waals surface area contributed by atoms with Crippen molar-refractivity contribution in [1.82, 2.24) is 4.57 Å². The van der Waals surface area contributed by atoms with E-state index in [9.17, 15) is 9.59 Å². The summed E-state index contributed by atoms with van der Waals surface area (Å²) in [7, 11) is 0. The molecule has 0 bridgehead atoms. The third kappa shape index (κ3) is 4.12. The zero-order valence-corrected chi connectivity index (χ0v) is 11.0. The van der Waals surface area contributed by atoms with Crippen LogP contribution in [0.4, 0.5) is 5.69 Å². The summed E-state index contributed by atoms with van der Waals surface area (Å²) in [6.45, 7) is -0.0691. The van der Waals surface area contributed by atoms with Crippen molar-refractivity contribution in [2.75, 3.05) is 5.73 Å². The first-order valence-electron chi connectivity index (χ1n) is 6.80. The Hall–Kier alpha value is -1.78. The zero-order valence-electron chi connectivity index (χ0n) is 11.0. The van der Waals surface area contributed by atoms with Gasteiger partial charge in [0.25, 0.3) is 5.56 Å². The number of rotatable bonds is 3. The summed E-state index contributed by atoms with van der Waals surface area (Å²) in [5.74, 6) is -0.361. The van der Waals surface area contributed by atoms with Crippen molar-refractivity contribution in [3.8, 4) is 0 Å². The van der Waals surface area contributed by atoms with Crippen LogP contribution in [0, 0.1) is 0 Å². The lowest BCUT2D eigenvalue weighted by molar-refractivity contribution is -0.150. The summed E-state index contributed by atoms with van der Waals surface area (Å²) in [4.78, 5) is 23.4. The minimum Gasteiger partial charge on any atom is -0.461 e. The second kappa shape index (κ2) is 6.41. The Bertz CT molecular complexity index is 488. The largest absolute Gasteiger partial charge is 0.461 e. The van der Waals surface area contributed by atoms with Crippen LogP contribution in [0.2, 0.25) is 0 Å². The molecule has 1 saturated carbocycles. The molecule has 19 heavy (non-hydrogen) atoms. The van der Waals surface area contributed by atoms with E-state index >= 15 is 0 Å². The maximum atomic E-state index is 11.8. The van der Waals surface area contributed by atoms with Crippen LogP contribution in [0.15, 0.2) is 23.1 Å². The molecular weight excluding hydrogens is 244 g/mol. The zero-order chi connectivity index (χ0) is 13.7. The number of nitrogens with two attached hydrogens (primary N) is 1. The topological polar surface area (TPSA) is 74.3 Å². The Morgan fingerprint density at radius 1 is 1.26 bits per heavy atom. The molecule has 0 amide bonds. The predicted molar refractivity (Wildman–Crippen MR) is 72.7 cm³/mol. The number of nitrogen functional groups attached to an aromatic ring is 1. The van der Waals surface area contributed by atoms with Gasteiger partial charge >= 0.3 is 5.97 Å². The van der Waals surface area contributed by atoms with Gasteiger partial charge in [0.2, 0.25) is 0 Å². The molecule has 0 unspecified atom stereocenters. The minimum atomic E-state index is -0.361. The van der Waals surface area contributed by atoms with Crippen LogP contribution in [0.1, 0.15) is 38.5 Å². The maximum Gasteiger partial charge on any atom is 0.326 e. The van der Waals surface area contributed by atoms with Crippen LogP contribution in [0.3, 0.4) is 0 Å². The number of hydrogen-bond donors (Lipinski definition) is 1. The average molecular weight is 264 g/mol. The van der Waals surface area contributed by atoms with Crippen LogP contribution >= 0.6 is 0 Å². The van der Waals surface area contributed by atoms with Crippen LogP contribution in [0.25, 0.3) is 0 Å². The van der Waals surface area contributed by atoms with E-state index < -0.39 is 0 Å². The van der Waals surface area contributed by atoms with Crippen molar-refractivity contribution in [3.63, 3.8) is 0 Å². The number of anilines is 1. The van der Waals surface area contributed by atoms with E-state index in [0.717, 1.165) is 25.7 Å². The number of hydrogen-bond acceptors (Lipinski definition) is 4. The minimum absolute atomic E-state index is 0.00626. The molecular formula is C14H20N2O3. The number of ether oxygens (including phenoxy) is 1. The summed E-state index contributed by atoms with van der Waals surface area (Å²) in [6, 6.07) is 2.88. The van der Waals surface area contributed by atoms with Gasteiger partial charge in [-0.05, 0) is 31.7 Å². The van der Waals surface area contributed by atoms with E-state index in [1.54, 1.807) is 0 Å². The first-order valence-corrected chi connectivity index (χ1v) is 6.80. The molecule has 0 atom stereocenters. The van der Waals surface area contributed by atoms with Crippen LogP contribution in [0.5, 0.6) is 0 Å². The van der Waals surface area contributed by atoms with E-state index in [0.29, 0.717) is 5.69 Å². The lowest BCUT2D eigenvalue weighted by Gasteiger charge is -2.15. The van der Waals surface area contributed by atoms with Gasteiger partial charge in [0.15, 0.2) is 0 Å². The first-order chi connectivity index (χ1) is 9.15. The average Bonchev–Trinajstić information content (AvgIpc) is 2.62. The number of nitrogens with zero attached hydrogens (tertiary/aromatic N) is 1. The Kier molecular flexibility index (Phi) is 4.60. The third-order valence-corrected chi connectivity index (χ3v) is 3.41. The summed E-state index contributed by atoms with van der Waals surface area (Å²) in [6.07, 6.45) is 7.97.